The molecule has 2 N–H and O–H groups in total. The van der Waals surface area contributed by atoms with Gasteiger partial charge in [-0.3, -0.25) is 4.79 Å². The molecule has 1 aromatic carbocycles. The first kappa shape index (κ1) is 15.4. The number of urea groups is 1. The SMILES string of the molecule is CC(C)C(C)NC(=O)N1Cc2ccccc2C(C(=O)O)C1. The van der Waals surface area contributed by atoms with E-state index >= 15 is 0 Å². The van der Waals surface area contributed by atoms with Crippen molar-refractivity contribution < 1.29 is 14.7 Å². The van der Waals surface area contributed by atoms with Gasteiger partial charge in [-0.1, -0.05) is 38.1 Å². The fraction of sp³-hybridized carbons (Fsp3) is 0.500. The molecular weight excluding hydrogens is 268 g/mol. The number of hydrogen-bond donors (Lipinski definition) is 2. The van der Waals surface area contributed by atoms with Crippen LogP contribution in [-0.2, 0) is 11.3 Å². The largest absolute Gasteiger partial charge is 0.481 e. The maximum absolute atomic E-state index is 12.3. The minimum absolute atomic E-state index is 0.0537. The molecule has 2 amide bonds. The molecule has 0 saturated heterocycles. The van der Waals surface area contributed by atoms with Crippen molar-refractivity contribution in [1.29, 1.82) is 0 Å². The Morgan fingerprint density at radius 2 is 1.95 bits per heavy atom. The number of benzene rings is 1. The minimum Gasteiger partial charge on any atom is -0.481 e. The van der Waals surface area contributed by atoms with Crippen LogP contribution in [0.4, 0.5) is 4.79 Å². The summed E-state index contributed by atoms with van der Waals surface area (Å²) in [4.78, 5) is 25.4. The van der Waals surface area contributed by atoms with Gasteiger partial charge >= 0.3 is 12.0 Å². The molecule has 114 valence electrons. The van der Waals surface area contributed by atoms with Crippen LogP contribution in [-0.4, -0.2) is 34.6 Å². The van der Waals surface area contributed by atoms with Crippen molar-refractivity contribution in [2.75, 3.05) is 6.54 Å². The molecule has 1 aliphatic rings. The molecule has 21 heavy (non-hydrogen) atoms. The van der Waals surface area contributed by atoms with Crippen molar-refractivity contribution >= 4 is 12.0 Å². The molecule has 1 aromatic rings. The molecule has 0 aromatic heterocycles. The van der Waals surface area contributed by atoms with E-state index in [1.165, 1.54) is 0 Å². The van der Waals surface area contributed by atoms with Crippen LogP contribution in [0.5, 0.6) is 0 Å². The highest BCUT2D eigenvalue weighted by Crippen LogP contribution is 2.28. The number of nitrogens with one attached hydrogen (secondary N) is 1. The molecule has 0 saturated carbocycles. The molecule has 0 fully saturated rings. The average molecular weight is 290 g/mol. The summed E-state index contributed by atoms with van der Waals surface area (Å²) in [6.45, 7) is 6.70. The molecule has 1 aliphatic heterocycles. The maximum atomic E-state index is 12.3. The standard InChI is InChI=1S/C16H22N2O3/c1-10(2)11(3)17-16(21)18-8-12-6-4-5-7-13(12)14(9-18)15(19)20/h4-7,10-11,14H,8-9H2,1-3H3,(H,17,21)(H,19,20). The number of fused-ring (bicyclic) bond motifs is 1. The van der Waals surface area contributed by atoms with E-state index < -0.39 is 11.9 Å². The second-order valence-corrected chi connectivity index (χ2v) is 5.95. The van der Waals surface area contributed by atoms with E-state index in [4.69, 9.17) is 0 Å². The first-order valence-electron chi connectivity index (χ1n) is 7.26. The number of rotatable bonds is 3. The highest BCUT2D eigenvalue weighted by atomic mass is 16.4. The quantitative estimate of drug-likeness (QED) is 0.898. The third-order valence-corrected chi connectivity index (χ3v) is 4.13. The number of amides is 2. The number of aliphatic carboxylic acids is 1. The zero-order valence-corrected chi connectivity index (χ0v) is 12.7. The topological polar surface area (TPSA) is 69.6 Å². The van der Waals surface area contributed by atoms with Gasteiger partial charge in [-0.2, -0.15) is 0 Å². The van der Waals surface area contributed by atoms with Gasteiger partial charge in [0, 0.05) is 19.1 Å². The van der Waals surface area contributed by atoms with E-state index in [0.29, 0.717) is 12.5 Å². The van der Waals surface area contributed by atoms with Crippen LogP contribution in [0.25, 0.3) is 0 Å². The second kappa shape index (κ2) is 6.16. The van der Waals surface area contributed by atoms with Crippen LogP contribution in [0.3, 0.4) is 0 Å². The molecule has 5 heteroatoms. The first-order valence-corrected chi connectivity index (χ1v) is 7.26. The van der Waals surface area contributed by atoms with Crippen molar-refractivity contribution in [2.24, 2.45) is 5.92 Å². The van der Waals surface area contributed by atoms with E-state index in [2.05, 4.69) is 5.32 Å². The summed E-state index contributed by atoms with van der Waals surface area (Å²) in [7, 11) is 0. The van der Waals surface area contributed by atoms with Gasteiger partial charge in [-0.15, -0.1) is 0 Å². The molecule has 2 unspecified atom stereocenters. The van der Waals surface area contributed by atoms with Crippen LogP contribution in [0.2, 0.25) is 0 Å². The number of carboxylic acids is 1. The number of carbonyl (C=O) groups is 2. The lowest BCUT2D eigenvalue weighted by Crippen LogP contribution is -2.49. The lowest BCUT2D eigenvalue weighted by molar-refractivity contribution is -0.139. The van der Waals surface area contributed by atoms with E-state index in [-0.39, 0.29) is 18.6 Å². The smallest absolute Gasteiger partial charge is 0.317 e. The Kier molecular flexibility index (Phi) is 4.50. The molecule has 0 aliphatic carbocycles. The predicted molar refractivity (Wildman–Crippen MR) is 80.1 cm³/mol. The van der Waals surface area contributed by atoms with Crippen LogP contribution in [0.15, 0.2) is 24.3 Å². The van der Waals surface area contributed by atoms with Gasteiger partial charge in [-0.25, -0.2) is 4.79 Å². The van der Waals surface area contributed by atoms with Crippen molar-refractivity contribution in [3.8, 4) is 0 Å². The van der Waals surface area contributed by atoms with Gasteiger partial charge in [0.15, 0.2) is 0 Å². The van der Waals surface area contributed by atoms with Crippen LogP contribution < -0.4 is 5.32 Å². The van der Waals surface area contributed by atoms with Crippen molar-refractivity contribution in [2.45, 2.75) is 39.3 Å². The summed E-state index contributed by atoms with van der Waals surface area (Å²) in [6.07, 6.45) is 0. The first-order chi connectivity index (χ1) is 9.90. The van der Waals surface area contributed by atoms with Gasteiger partial charge in [0.1, 0.15) is 0 Å². The van der Waals surface area contributed by atoms with Gasteiger partial charge < -0.3 is 15.3 Å². The van der Waals surface area contributed by atoms with Crippen LogP contribution >= 0.6 is 0 Å². The zero-order valence-electron chi connectivity index (χ0n) is 12.7. The van der Waals surface area contributed by atoms with Gasteiger partial charge in [0.05, 0.1) is 5.92 Å². The Balaban J connectivity index is 2.18. The maximum Gasteiger partial charge on any atom is 0.317 e. The second-order valence-electron chi connectivity index (χ2n) is 5.95. The van der Waals surface area contributed by atoms with E-state index in [0.717, 1.165) is 11.1 Å². The Morgan fingerprint density at radius 1 is 1.29 bits per heavy atom. The molecule has 0 spiro atoms. The number of hydrogen-bond acceptors (Lipinski definition) is 2. The van der Waals surface area contributed by atoms with Gasteiger partial charge in [-0.05, 0) is 24.0 Å². The van der Waals surface area contributed by atoms with Crippen molar-refractivity contribution in [3.63, 3.8) is 0 Å². The molecule has 0 radical (unpaired) electrons. The Morgan fingerprint density at radius 3 is 2.57 bits per heavy atom. The number of carbonyl (C=O) groups excluding carboxylic acids is 1. The normalized spacial score (nSPS) is 19.0. The molecule has 0 bridgehead atoms. The fourth-order valence-corrected chi connectivity index (χ4v) is 2.43. The lowest BCUT2D eigenvalue weighted by atomic mass is 9.90. The van der Waals surface area contributed by atoms with Gasteiger partial charge in [0.25, 0.3) is 0 Å². The van der Waals surface area contributed by atoms with Crippen LogP contribution in [0.1, 0.15) is 37.8 Å². The lowest BCUT2D eigenvalue weighted by Gasteiger charge is -2.34. The highest BCUT2D eigenvalue weighted by molar-refractivity contribution is 5.81. The number of carboxylic acid groups (broad SMARTS) is 1. The molecule has 2 rings (SSSR count). The molecule has 2 atom stereocenters. The molecular formula is C16H22N2O3. The summed E-state index contributed by atoms with van der Waals surface area (Å²) < 4.78 is 0. The average Bonchev–Trinajstić information content (AvgIpc) is 2.45. The van der Waals surface area contributed by atoms with Crippen molar-refractivity contribution in [3.05, 3.63) is 35.4 Å². The number of nitrogens with zero attached hydrogens (tertiary/aromatic N) is 1. The summed E-state index contributed by atoms with van der Waals surface area (Å²) in [5.74, 6) is -1.21. The van der Waals surface area contributed by atoms with Gasteiger partial charge in [0.2, 0.25) is 0 Å². The fourth-order valence-electron chi connectivity index (χ4n) is 2.43. The highest BCUT2D eigenvalue weighted by Gasteiger charge is 2.32. The predicted octanol–water partition coefficient (Wildman–Crippen LogP) is 2.42. The van der Waals surface area contributed by atoms with E-state index in [1.807, 2.05) is 45.0 Å². The third-order valence-electron chi connectivity index (χ3n) is 4.13. The minimum atomic E-state index is -0.892. The Labute approximate surface area is 125 Å². The van der Waals surface area contributed by atoms with Crippen LogP contribution in [0, 0.1) is 5.92 Å². The summed E-state index contributed by atoms with van der Waals surface area (Å²) in [6, 6.07) is 7.28. The van der Waals surface area contributed by atoms with Crippen molar-refractivity contribution in [1.82, 2.24) is 10.2 Å². The molecule has 5 nitrogen and oxygen atoms in total. The Hall–Kier alpha value is -2.04. The monoisotopic (exact) mass is 290 g/mol. The molecule has 1 heterocycles. The van der Waals surface area contributed by atoms with E-state index in [1.54, 1.807) is 4.90 Å². The Bertz CT molecular complexity index is 542. The van der Waals surface area contributed by atoms with E-state index in [9.17, 15) is 14.7 Å². The summed E-state index contributed by atoms with van der Waals surface area (Å²) >= 11 is 0. The summed E-state index contributed by atoms with van der Waals surface area (Å²) in [5, 5.41) is 12.3. The zero-order chi connectivity index (χ0) is 15.6. The summed E-state index contributed by atoms with van der Waals surface area (Å²) in [5.41, 5.74) is 1.72. The third kappa shape index (κ3) is 3.35.